The molecule has 0 saturated carbocycles. The average molecular weight is 271 g/mol. The second kappa shape index (κ2) is 4.81. The lowest BCUT2D eigenvalue weighted by Crippen LogP contribution is -2.36. The van der Waals surface area contributed by atoms with Gasteiger partial charge in [0.15, 0.2) is 0 Å². The highest BCUT2D eigenvalue weighted by molar-refractivity contribution is 6.33. The SMILES string of the molecule is O=C(O)C1CCCN1c1c(Cl)cccc1[N+](=O)[O-]. The highest BCUT2D eigenvalue weighted by Gasteiger charge is 2.35. The van der Waals surface area contributed by atoms with Crippen LogP contribution in [0.25, 0.3) is 0 Å². The predicted molar refractivity (Wildman–Crippen MR) is 66.1 cm³/mol. The molecule has 1 aromatic rings. The van der Waals surface area contributed by atoms with E-state index in [1.807, 2.05) is 0 Å². The summed E-state index contributed by atoms with van der Waals surface area (Å²) >= 11 is 5.98. The van der Waals surface area contributed by atoms with Gasteiger partial charge in [-0.3, -0.25) is 10.1 Å². The van der Waals surface area contributed by atoms with E-state index in [-0.39, 0.29) is 16.4 Å². The monoisotopic (exact) mass is 270 g/mol. The zero-order chi connectivity index (χ0) is 13.3. The van der Waals surface area contributed by atoms with E-state index in [9.17, 15) is 14.9 Å². The molecule has 0 aliphatic carbocycles. The van der Waals surface area contributed by atoms with Crippen molar-refractivity contribution in [1.82, 2.24) is 0 Å². The van der Waals surface area contributed by atoms with E-state index in [0.717, 1.165) is 0 Å². The van der Waals surface area contributed by atoms with Crippen LogP contribution in [0.15, 0.2) is 18.2 Å². The van der Waals surface area contributed by atoms with E-state index in [2.05, 4.69) is 0 Å². The fourth-order valence-electron chi connectivity index (χ4n) is 2.23. The van der Waals surface area contributed by atoms with Crippen molar-refractivity contribution in [2.75, 3.05) is 11.4 Å². The topological polar surface area (TPSA) is 83.7 Å². The summed E-state index contributed by atoms with van der Waals surface area (Å²) in [6.45, 7) is 0.460. The predicted octanol–water partition coefficient (Wildman–Crippen LogP) is 2.30. The van der Waals surface area contributed by atoms with E-state index in [1.54, 1.807) is 0 Å². The Morgan fingerprint density at radius 2 is 2.28 bits per heavy atom. The summed E-state index contributed by atoms with van der Waals surface area (Å²) in [5, 5.41) is 20.3. The van der Waals surface area contributed by atoms with Gasteiger partial charge in [0.25, 0.3) is 5.69 Å². The Hall–Kier alpha value is -1.82. The number of rotatable bonds is 3. The molecule has 7 heteroatoms. The van der Waals surface area contributed by atoms with E-state index < -0.39 is 16.9 Å². The molecule has 0 amide bonds. The molecule has 1 heterocycles. The van der Waals surface area contributed by atoms with Crippen LogP contribution < -0.4 is 4.90 Å². The van der Waals surface area contributed by atoms with Gasteiger partial charge in [-0.05, 0) is 18.9 Å². The fourth-order valence-corrected chi connectivity index (χ4v) is 2.50. The molecule has 0 bridgehead atoms. The van der Waals surface area contributed by atoms with Crippen molar-refractivity contribution in [3.8, 4) is 0 Å². The molecule has 1 aromatic carbocycles. The first kappa shape index (κ1) is 12.6. The van der Waals surface area contributed by atoms with Crippen molar-refractivity contribution < 1.29 is 14.8 Å². The van der Waals surface area contributed by atoms with Crippen LogP contribution in [-0.4, -0.2) is 28.6 Å². The van der Waals surface area contributed by atoms with Crippen molar-refractivity contribution in [2.24, 2.45) is 0 Å². The van der Waals surface area contributed by atoms with Crippen molar-refractivity contribution in [3.05, 3.63) is 33.3 Å². The molecule has 1 atom stereocenters. The van der Waals surface area contributed by atoms with Crippen molar-refractivity contribution in [1.29, 1.82) is 0 Å². The molecular weight excluding hydrogens is 260 g/mol. The molecule has 0 spiro atoms. The number of hydrogen-bond donors (Lipinski definition) is 1. The maximum atomic E-state index is 11.1. The molecule has 1 aliphatic heterocycles. The van der Waals surface area contributed by atoms with Gasteiger partial charge < -0.3 is 10.0 Å². The third-order valence-electron chi connectivity index (χ3n) is 2.99. The van der Waals surface area contributed by atoms with Gasteiger partial charge in [-0.2, -0.15) is 0 Å². The van der Waals surface area contributed by atoms with Crippen molar-refractivity contribution in [2.45, 2.75) is 18.9 Å². The minimum absolute atomic E-state index is 0.157. The third-order valence-corrected chi connectivity index (χ3v) is 3.29. The molecule has 0 aromatic heterocycles. The minimum atomic E-state index is -0.985. The summed E-state index contributed by atoms with van der Waals surface area (Å²) in [7, 11) is 0. The smallest absolute Gasteiger partial charge is 0.326 e. The zero-order valence-corrected chi connectivity index (χ0v) is 10.1. The van der Waals surface area contributed by atoms with Crippen LogP contribution in [0.4, 0.5) is 11.4 Å². The number of hydrogen-bond acceptors (Lipinski definition) is 4. The number of nitro benzene ring substituents is 1. The first-order valence-electron chi connectivity index (χ1n) is 5.44. The average Bonchev–Trinajstić information content (AvgIpc) is 2.77. The zero-order valence-electron chi connectivity index (χ0n) is 9.38. The van der Waals surface area contributed by atoms with Crippen LogP contribution in [0.2, 0.25) is 5.02 Å². The molecule has 1 aliphatic rings. The summed E-state index contributed by atoms with van der Waals surface area (Å²) in [6.07, 6.45) is 1.15. The van der Waals surface area contributed by atoms with Crippen LogP contribution in [0, 0.1) is 10.1 Å². The van der Waals surface area contributed by atoms with Gasteiger partial charge >= 0.3 is 5.97 Å². The van der Waals surface area contributed by atoms with Crippen LogP contribution in [0.1, 0.15) is 12.8 Å². The molecule has 18 heavy (non-hydrogen) atoms. The molecule has 6 nitrogen and oxygen atoms in total. The molecule has 2 rings (SSSR count). The Bertz CT molecular complexity index is 506. The number of carbonyl (C=O) groups is 1. The normalized spacial score (nSPS) is 18.9. The summed E-state index contributed by atoms with van der Waals surface area (Å²) in [5.74, 6) is -0.985. The summed E-state index contributed by atoms with van der Waals surface area (Å²) in [5.41, 5.74) is 0.0460. The quantitative estimate of drug-likeness (QED) is 0.673. The molecule has 1 fully saturated rings. The maximum absolute atomic E-state index is 11.1. The Morgan fingerprint density at radius 1 is 1.56 bits per heavy atom. The van der Waals surface area contributed by atoms with Crippen molar-refractivity contribution in [3.63, 3.8) is 0 Å². The number of carboxylic acids is 1. The highest BCUT2D eigenvalue weighted by Crippen LogP contribution is 2.39. The van der Waals surface area contributed by atoms with Crippen LogP contribution in [0.5, 0.6) is 0 Å². The molecule has 96 valence electrons. The van der Waals surface area contributed by atoms with Crippen LogP contribution in [0.3, 0.4) is 0 Å². The van der Waals surface area contributed by atoms with Gasteiger partial charge in [0.2, 0.25) is 0 Å². The lowest BCUT2D eigenvalue weighted by atomic mass is 10.2. The Labute approximate surface area is 108 Å². The van der Waals surface area contributed by atoms with Gasteiger partial charge in [0, 0.05) is 12.6 Å². The summed E-state index contributed by atoms with van der Waals surface area (Å²) in [6, 6.07) is 3.60. The van der Waals surface area contributed by atoms with Gasteiger partial charge in [-0.1, -0.05) is 17.7 Å². The molecule has 1 saturated heterocycles. The summed E-state index contributed by atoms with van der Waals surface area (Å²) in [4.78, 5) is 23.1. The molecular formula is C11H11ClN2O4. The van der Waals surface area contributed by atoms with E-state index in [0.29, 0.717) is 19.4 Å². The number of halogens is 1. The standard InChI is InChI=1S/C11H11ClN2O4/c12-7-3-1-4-8(14(17)18)10(7)13-6-2-5-9(13)11(15)16/h1,3-4,9H,2,5-6H2,(H,15,16). The number of para-hydroxylation sites is 1. The number of carboxylic acid groups (broad SMARTS) is 1. The lowest BCUT2D eigenvalue weighted by Gasteiger charge is -2.24. The maximum Gasteiger partial charge on any atom is 0.326 e. The lowest BCUT2D eigenvalue weighted by molar-refractivity contribution is -0.384. The number of nitrogens with zero attached hydrogens (tertiary/aromatic N) is 2. The van der Waals surface area contributed by atoms with Gasteiger partial charge in [0.1, 0.15) is 11.7 Å². The first-order valence-corrected chi connectivity index (χ1v) is 5.82. The molecule has 1 N–H and O–H groups in total. The highest BCUT2D eigenvalue weighted by atomic mass is 35.5. The third kappa shape index (κ3) is 2.11. The number of anilines is 1. The molecule has 0 radical (unpaired) electrons. The number of nitro groups is 1. The largest absolute Gasteiger partial charge is 0.480 e. The van der Waals surface area contributed by atoms with E-state index in [1.165, 1.54) is 23.1 Å². The first-order chi connectivity index (χ1) is 8.52. The Kier molecular flexibility index (Phi) is 3.38. The van der Waals surface area contributed by atoms with Gasteiger partial charge in [-0.25, -0.2) is 4.79 Å². The van der Waals surface area contributed by atoms with Crippen LogP contribution in [-0.2, 0) is 4.79 Å². The fraction of sp³-hybridized carbons (Fsp3) is 0.364. The number of aliphatic carboxylic acids is 1. The minimum Gasteiger partial charge on any atom is -0.480 e. The van der Waals surface area contributed by atoms with Crippen molar-refractivity contribution >= 4 is 28.9 Å². The number of benzene rings is 1. The van der Waals surface area contributed by atoms with Gasteiger partial charge in [0.05, 0.1) is 9.95 Å². The van der Waals surface area contributed by atoms with E-state index in [4.69, 9.17) is 16.7 Å². The summed E-state index contributed by atoms with van der Waals surface area (Å²) < 4.78 is 0. The van der Waals surface area contributed by atoms with Crippen LogP contribution >= 0.6 is 11.6 Å². The Balaban J connectivity index is 2.50. The molecule has 1 unspecified atom stereocenters. The second-order valence-electron chi connectivity index (χ2n) is 4.05. The van der Waals surface area contributed by atoms with E-state index >= 15 is 0 Å². The second-order valence-corrected chi connectivity index (χ2v) is 4.46. The van der Waals surface area contributed by atoms with Gasteiger partial charge in [-0.15, -0.1) is 0 Å². The Morgan fingerprint density at radius 3 is 2.89 bits per heavy atom.